The first-order valence-electron chi connectivity index (χ1n) is 6.36. The summed E-state index contributed by atoms with van der Waals surface area (Å²) in [6, 6.07) is 0.874. The lowest BCUT2D eigenvalue weighted by Gasteiger charge is -2.43. The first-order chi connectivity index (χ1) is 6.92. The van der Waals surface area contributed by atoms with Crippen LogP contribution in [0.3, 0.4) is 0 Å². The molecular weight excluding hydrogens is 172 g/mol. The number of likely N-dealkylation sites (tertiary alicyclic amines) is 1. The molecule has 1 aliphatic carbocycles. The van der Waals surface area contributed by atoms with Crippen molar-refractivity contribution in [3.8, 4) is 0 Å². The lowest BCUT2D eigenvalue weighted by Crippen LogP contribution is -2.48. The quantitative estimate of drug-likeness (QED) is 0.680. The van der Waals surface area contributed by atoms with Gasteiger partial charge in [0.1, 0.15) is 0 Å². The Labute approximate surface area is 87.0 Å². The minimum atomic E-state index is 0.874. The van der Waals surface area contributed by atoms with Crippen LogP contribution in [0.15, 0.2) is 0 Å². The van der Waals surface area contributed by atoms with Gasteiger partial charge in [-0.15, -0.1) is 0 Å². The summed E-state index contributed by atoms with van der Waals surface area (Å²) in [6.45, 7) is 5.31. The first-order valence-corrected chi connectivity index (χ1v) is 6.36. The number of nitrogens with zero attached hydrogens (tertiary/aromatic N) is 1. The normalized spacial score (nSPS) is 44.1. The van der Waals surface area contributed by atoms with Gasteiger partial charge in [0.05, 0.1) is 0 Å². The van der Waals surface area contributed by atoms with Crippen molar-refractivity contribution in [1.82, 2.24) is 10.2 Å². The van der Waals surface area contributed by atoms with Crippen LogP contribution in [0.5, 0.6) is 0 Å². The Hall–Kier alpha value is -0.0800. The maximum absolute atomic E-state index is 3.49. The number of rotatable bonds is 1. The molecule has 2 saturated heterocycles. The fourth-order valence-corrected chi connectivity index (χ4v) is 3.72. The van der Waals surface area contributed by atoms with Crippen LogP contribution >= 0.6 is 0 Å². The summed E-state index contributed by atoms with van der Waals surface area (Å²) in [4.78, 5) is 2.79. The molecule has 0 aromatic carbocycles. The number of hydrogen-bond donors (Lipinski definition) is 1. The highest BCUT2D eigenvalue weighted by Crippen LogP contribution is 2.35. The van der Waals surface area contributed by atoms with Gasteiger partial charge in [-0.1, -0.05) is 6.42 Å². The lowest BCUT2D eigenvalue weighted by molar-refractivity contribution is 0.0590. The molecule has 3 atom stereocenters. The van der Waals surface area contributed by atoms with Crippen molar-refractivity contribution in [2.75, 3.05) is 26.2 Å². The van der Waals surface area contributed by atoms with Crippen molar-refractivity contribution in [2.45, 2.75) is 38.1 Å². The van der Waals surface area contributed by atoms with E-state index in [1.165, 1.54) is 58.3 Å². The average molecular weight is 194 g/mol. The highest BCUT2D eigenvalue weighted by atomic mass is 15.2. The molecule has 0 amide bonds. The number of fused-ring (bicyclic) bond motifs is 2. The monoisotopic (exact) mass is 194 g/mol. The minimum Gasteiger partial charge on any atom is -0.315 e. The smallest absolute Gasteiger partial charge is 0.0232 e. The summed E-state index contributed by atoms with van der Waals surface area (Å²) in [6.07, 6.45) is 7.45. The largest absolute Gasteiger partial charge is 0.315 e. The molecule has 3 fully saturated rings. The highest BCUT2D eigenvalue weighted by Gasteiger charge is 2.34. The van der Waals surface area contributed by atoms with Gasteiger partial charge >= 0.3 is 0 Å². The van der Waals surface area contributed by atoms with Gasteiger partial charge in [-0.2, -0.15) is 0 Å². The van der Waals surface area contributed by atoms with Crippen LogP contribution in [0.25, 0.3) is 0 Å². The van der Waals surface area contributed by atoms with Crippen molar-refractivity contribution in [3.63, 3.8) is 0 Å². The van der Waals surface area contributed by atoms with Crippen molar-refractivity contribution < 1.29 is 0 Å². The predicted octanol–water partition coefficient (Wildman–Crippen LogP) is 1.47. The Bertz CT molecular complexity index is 186. The fraction of sp³-hybridized carbons (Fsp3) is 1.00. The molecule has 2 bridgehead atoms. The van der Waals surface area contributed by atoms with Crippen LogP contribution in [-0.2, 0) is 0 Å². The number of hydrogen-bond acceptors (Lipinski definition) is 2. The second-order valence-electron chi connectivity index (χ2n) is 5.50. The fourth-order valence-electron chi connectivity index (χ4n) is 3.72. The van der Waals surface area contributed by atoms with Crippen LogP contribution in [0.4, 0.5) is 0 Å². The van der Waals surface area contributed by atoms with Crippen molar-refractivity contribution in [1.29, 1.82) is 0 Å². The van der Waals surface area contributed by atoms with Gasteiger partial charge < -0.3 is 5.32 Å². The van der Waals surface area contributed by atoms with E-state index in [-0.39, 0.29) is 0 Å². The van der Waals surface area contributed by atoms with Gasteiger partial charge in [0.25, 0.3) is 0 Å². The van der Waals surface area contributed by atoms with Crippen LogP contribution < -0.4 is 5.32 Å². The molecule has 3 unspecified atom stereocenters. The van der Waals surface area contributed by atoms with E-state index in [0.717, 1.165) is 17.9 Å². The van der Waals surface area contributed by atoms with Crippen molar-refractivity contribution in [3.05, 3.63) is 0 Å². The SMILES string of the molecule is C1CC2CC(C1)CN(C1CCNC1)C2. The molecule has 2 nitrogen and oxygen atoms in total. The van der Waals surface area contributed by atoms with Crippen LogP contribution in [0, 0.1) is 11.8 Å². The van der Waals surface area contributed by atoms with Crippen LogP contribution in [-0.4, -0.2) is 37.1 Å². The van der Waals surface area contributed by atoms with E-state index in [1.54, 1.807) is 0 Å². The zero-order valence-corrected chi connectivity index (χ0v) is 9.04. The Kier molecular flexibility index (Phi) is 2.50. The minimum absolute atomic E-state index is 0.874. The molecule has 0 aromatic heterocycles. The molecular formula is C12H22N2. The zero-order valence-electron chi connectivity index (χ0n) is 9.04. The molecule has 3 rings (SSSR count). The molecule has 1 saturated carbocycles. The summed E-state index contributed by atoms with van der Waals surface area (Å²) >= 11 is 0. The Morgan fingerprint density at radius 1 is 1.00 bits per heavy atom. The topological polar surface area (TPSA) is 15.3 Å². The Morgan fingerprint density at radius 3 is 2.43 bits per heavy atom. The van der Waals surface area contributed by atoms with E-state index in [0.29, 0.717) is 0 Å². The summed E-state index contributed by atoms with van der Waals surface area (Å²) in [5.74, 6) is 2.09. The second kappa shape index (κ2) is 3.82. The molecule has 0 aromatic rings. The van der Waals surface area contributed by atoms with Gasteiger partial charge in [-0.25, -0.2) is 0 Å². The summed E-state index contributed by atoms with van der Waals surface area (Å²) < 4.78 is 0. The van der Waals surface area contributed by atoms with Gasteiger partial charge in [0.15, 0.2) is 0 Å². The van der Waals surface area contributed by atoms with E-state index in [4.69, 9.17) is 0 Å². The maximum Gasteiger partial charge on any atom is 0.0232 e. The van der Waals surface area contributed by atoms with E-state index < -0.39 is 0 Å². The first kappa shape index (κ1) is 9.17. The third-order valence-corrected chi connectivity index (χ3v) is 4.43. The number of nitrogens with one attached hydrogen (secondary N) is 1. The molecule has 3 aliphatic rings. The van der Waals surface area contributed by atoms with Gasteiger partial charge in [-0.3, -0.25) is 4.90 Å². The van der Waals surface area contributed by atoms with E-state index >= 15 is 0 Å². The molecule has 1 N–H and O–H groups in total. The second-order valence-corrected chi connectivity index (χ2v) is 5.50. The van der Waals surface area contributed by atoms with E-state index in [1.807, 2.05) is 0 Å². The predicted molar refractivity (Wildman–Crippen MR) is 58.3 cm³/mol. The summed E-state index contributed by atoms with van der Waals surface area (Å²) in [5, 5.41) is 3.49. The van der Waals surface area contributed by atoms with Crippen molar-refractivity contribution in [2.24, 2.45) is 11.8 Å². The lowest BCUT2D eigenvalue weighted by atomic mass is 9.77. The molecule has 0 radical (unpaired) electrons. The third kappa shape index (κ3) is 1.70. The van der Waals surface area contributed by atoms with Gasteiger partial charge in [0, 0.05) is 25.7 Å². The van der Waals surface area contributed by atoms with E-state index in [2.05, 4.69) is 10.2 Å². The average Bonchev–Trinajstić information content (AvgIpc) is 2.69. The molecule has 0 spiro atoms. The molecule has 2 heterocycles. The maximum atomic E-state index is 3.49. The van der Waals surface area contributed by atoms with E-state index in [9.17, 15) is 0 Å². The van der Waals surface area contributed by atoms with Gasteiger partial charge in [-0.05, 0) is 44.1 Å². The molecule has 80 valence electrons. The Morgan fingerprint density at radius 2 is 1.79 bits per heavy atom. The van der Waals surface area contributed by atoms with Crippen LogP contribution in [0.2, 0.25) is 0 Å². The highest BCUT2D eigenvalue weighted by molar-refractivity contribution is 4.89. The standard InChI is InChI=1S/C12H22N2/c1-2-10-6-11(3-1)9-14(8-10)12-4-5-13-7-12/h10-13H,1-9H2. The molecule has 2 aliphatic heterocycles. The molecule has 14 heavy (non-hydrogen) atoms. The Balaban J connectivity index is 1.64. The van der Waals surface area contributed by atoms with Gasteiger partial charge in [0.2, 0.25) is 0 Å². The van der Waals surface area contributed by atoms with Crippen molar-refractivity contribution >= 4 is 0 Å². The third-order valence-electron chi connectivity index (χ3n) is 4.43. The summed E-state index contributed by atoms with van der Waals surface area (Å²) in [5.41, 5.74) is 0. The summed E-state index contributed by atoms with van der Waals surface area (Å²) in [7, 11) is 0. The van der Waals surface area contributed by atoms with Crippen LogP contribution in [0.1, 0.15) is 32.1 Å². The molecule has 2 heteroatoms. The number of piperidine rings is 1. The zero-order chi connectivity index (χ0) is 9.38.